The highest BCUT2D eigenvalue weighted by Crippen LogP contribution is 2.38. The molecule has 0 aromatic carbocycles. The first kappa shape index (κ1) is 69.6. The summed E-state index contributed by atoms with van der Waals surface area (Å²) in [6.07, 6.45) is 81.4. The van der Waals surface area contributed by atoms with Crippen molar-refractivity contribution < 1.29 is 32.9 Å². The molecule has 0 bridgehead atoms. The molecule has 0 aromatic rings. The van der Waals surface area contributed by atoms with E-state index in [1.807, 2.05) is 27.2 Å². The quantitative estimate of drug-likeness (QED) is 0.0272. The Balaban J connectivity index is 3.95. The van der Waals surface area contributed by atoms with Crippen LogP contribution in [0.25, 0.3) is 0 Å². The third kappa shape index (κ3) is 56.2. The van der Waals surface area contributed by atoms with Gasteiger partial charge in [0.25, 0.3) is 7.82 Å². The summed E-state index contributed by atoms with van der Waals surface area (Å²) in [7, 11) is 1.22. The van der Waals surface area contributed by atoms with Gasteiger partial charge in [0.1, 0.15) is 13.2 Å². The molecule has 8 nitrogen and oxygen atoms in total. The average Bonchev–Trinajstić information content (AvgIpc) is 3.35. The van der Waals surface area contributed by atoms with E-state index in [1.165, 1.54) is 89.9 Å². The standard InChI is InChI=1S/C64H109N2O6P/c1-6-8-10-12-14-16-18-19-20-21-22-23-24-25-26-27-28-29-30-31-32-33-34-35-36-37-38-39-40-41-42-43-44-45-46-47-48-50-52-54-56-58-64(68)65-62(61-72-73(69,70)71-60-59-66(3,4)5)63(67)57-55-53-51-49-17-15-13-11-9-7-2/h8-11,14,16-17,19-20,22-23,25-26,28-29,31-32,34-35,49,55,57,62-63,67H,6-7,12-13,15,18,21,24,27,30,33,36-48,50-54,56,58-61H2,1-5H3,(H-,65,68,69,70)/b10-8-,11-9+,16-14-,20-19-,23-22-,26-25-,29-28-,32-31-,35-34-,49-17+,57-55+. The molecule has 1 amide bonds. The minimum absolute atomic E-state index is 0.0141. The number of carbonyl (C=O) groups is 1. The van der Waals surface area contributed by atoms with Crippen LogP contribution in [0.4, 0.5) is 0 Å². The van der Waals surface area contributed by atoms with Crippen LogP contribution >= 0.6 is 7.82 Å². The molecule has 0 heterocycles. The molecule has 3 atom stereocenters. The maximum Gasteiger partial charge on any atom is 0.268 e. The van der Waals surface area contributed by atoms with Crippen LogP contribution < -0.4 is 10.2 Å². The van der Waals surface area contributed by atoms with Gasteiger partial charge in [-0.15, -0.1) is 0 Å². The zero-order valence-corrected chi connectivity index (χ0v) is 48.2. The Morgan fingerprint density at radius 2 is 0.808 bits per heavy atom. The number of aliphatic hydroxyl groups excluding tert-OH is 1. The van der Waals surface area contributed by atoms with E-state index >= 15 is 0 Å². The van der Waals surface area contributed by atoms with Crippen LogP contribution in [0.2, 0.25) is 0 Å². The largest absolute Gasteiger partial charge is 0.756 e. The van der Waals surface area contributed by atoms with Gasteiger partial charge >= 0.3 is 0 Å². The lowest BCUT2D eigenvalue weighted by atomic mass is 10.0. The Morgan fingerprint density at radius 1 is 0.479 bits per heavy atom. The Bertz CT molecular complexity index is 1640. The van der Waals surface area contributed by atoms with E-state index in [9.17, 15) is 19.4 Å². The molecule has 9 heteroatoms. The van der Waals surface area contributed by atoms with E-state index in [2.05, 4.69) is 141 Å². The molecule has 3 unspecified atom stereocenters. The molecule has 0 aliphatic carbocycles. The number of carbonyl (C=O) groups excluding carboxylic acids is 1. The third-order valence-electron chi connectivity index (χ3n) is 12.1. The number of nitrogens with one attached hydrogen (secondary N) is 1. The van der Waals surface area contributed by atoms with Crippen LogP contribution in [0, 0.1) is 0 Å². The van der Waals surface area contributed by atoms with Crippen molar-refractivity contribution >= 4 is 13.7 Å². The predicted molar refractivity (Wildman–Crippen MR) is 315 cm³/mol. The molecule has 0 saturated carbocycles. The maximum absolute atomic E-state index is 12.9. The zero-order valence-electron chi connectivity index (χ0n) is 47.3. The van der Waals surface area contributed by atoms with Gasteiger partial charge < -0.3 is 28.8 Å². The molecule has 0 aliphatic heterocycles. The summed E-state index contributed by atoms with van der Waals surface area (Å²) in [5.41, 5.74) is 0. The highest BCUT2D eigenvalue weighted by Gasteiger charge is 2.23. The lowest BCUT2D eigenvalue weighted by molar-refractivity contribution is -0.870. The van der Waals surface area contributed by atoms with Crippen molar-refractivity contribution in [2.45, 2.75) is 225 Å². The molecule has 0 aromatic heterocycles. The molecule has 0 radical (unpaired) electrons. The first-order chi connectivity index (χ1) is 35.5. The Kier molecular flexibility index (Phi) is 51.0. The summed E-state index contributed by atoms with van der Waals surface area (Å²) in [4.78, 5) is 25.4. The number of rotatable bonds is 51. The molecule has 0 aliphatic rings. The molecule has 73 heavy (non-hydrogen) atoms. The molecule has 0 rings (SSSR count). The number of unbranched alkanes of at least 4 members (excludes halogenated alkanes) is 18. The van der Waals surface area contributed by atoms with Gasteiger partial charge in [-0.25, -0.2) is 0 Å². The second-order valence-electron chi connectivity index (χ2n) is 20.2. The summed E-state index contributed by atoms with van der Waals surface area (Å²) in [6.45, 7) is 4.36. The minimum Gasteiger partial charge on any atom is -0.756 e. The van der Waals surface area contributed by atoms with Crippen LogP contribution in [0.1, 0.15) is 213 Å². The predicted octanol–water partition coefficient (Wildman–Crippen LogP) is 17.3. The number of phosphoric ester groups is 1. The molecule has 416 valence electrons. The van der Waals surface area contributed by atoms with Crippen LogP contribution in [0.5, 0.6) is 0 Å². The topological polar surface area (TPSA) is 108 Å². The van der Waals surface area contributed by atoms with E-state index < -0.39 is 26.6 Å². The molecule has 0 fully saturated rings. The molecule has 0 saturated heterocycles. The fraction of sp³-hybridized carbons (Fsp3) is 0.641. The molecular weight excluding hydrogens is 924 g/mol. The summed E-state index contributed by atoms with van der Waals surface area (Å²) < 4.78 is 23.2. The number of amides is 1. The number of nitrogens with zero attached hydrogens (tertiary/aromatic N) is 1. The summed E-state index contributed by atoms with van der Waals surface area (Å²) >= 11 is 0. The molecule has 0 spiro atoms. The van der Waals surface area contributed by atoms with E-state index in [4.69, 9.17) is 9.05 Å². The van der Waals surface area contributed by atoms with Gasteiger partial charge in [0.2, 0.25) is 5.91 Å². The van der Waals surface area contributed by atoms with Gasteiger partial charge in [-0.3, -0.25) is 9.36 Å². The van der Waals surface area contributed by atoms with E-state index in [0.29, 0.717) is 17.4 Å². The molecule has 2 N–H and O–H groups in total. The van der Waals surface area contributed by atoms with Crippen molar-refractivity contribution in [2.75, 3.05) is 40.9 Å². The van der Waals surface area contributed by atoms with Crippen molar-refractivity contribution in [2.24, 2.45) is 0 Å². The minimum atomic E-state index is -4.61. The first-order valence-electron chi connectivity index (χ1n) is 29.0. The number of phosphoric acid groups is 1. The van der Waals surface area contributed by atoms with Crippen molar-refractivity contribution in [1.29, 1.82) is 0 Å². The van der Waals surface area contributed by atoms with Crippen LogP contribution in [-0.2, 0) is 18.4 Å². The molecular formula is C64H109N2O6P. The normalized spacial score (nSPS) is 14.9. The number of likely N-dealkylation sites (N-methyl/N-ethyl adjacent to an activating group) is 1. The fourth-order valence-corrected chi connectivity index (χ4v) is 8.34. The van der Waals surface area contributed by atoms with Gasteiger partial charge in [0.15, 0.2) is 0 Å². The highest BCUT2D eigenvalue weighted by atomic mass is 31.2. The number of hydrogen-bond acceptors (Lipinski definition) is 6. The summed E-state index contributed by atoms with van der Waals surface area (Å²) in [5.74, 6) is -0.219. The van der Waals surface area contributed by atoms with Gasteiger partial charge in [0.05, 0.1) is 39.9 Å². The Hall–Kier alpha value is -3.36. The van der Waals surface area contributed by atoms with E-state index in [0.717, 1.165) is 103 Å². The fourth-order valence-electron chi connectivity index (χ4n) is 7.62. The lowest BCUT2D eigenvalue weighted by Crippen LogP contribution is -2.45. The van der Waals surface area contributed by atoms with Crippen molar-refractivity contribution in [1.82, 2.24) is 5.32 Å². The van der Waals surface area contributed by atoms with Gasteiger partial charge in [-0.2, -0.15) is 0 Å². The number of aliphatic hydroxyl groups is 1. The zero-order chi connectivity index (χ0) is 53.5. The summed E-state index contributed by atoms with van der Waals surface area (Å²) in [5, 5.41) is 13.7. The van der Waals surface area contributed by atoms with E-state index in [1.54, 1.807) is 6.08 Å². The van der Waals surface area contributed by atoms with Gasteiger partial charge in [-0.1, -0.05) is 237 Å². The smallest absolute Gasteiger partial charge is 0.268 e. The number of quaternary nitrogens is 1. The number of hydrogen-bond donors (Lipinski definition) is 2. The van der Waals surface area contributed by atoms with E-state index in [-0.39, 0.29) is 12.5 Å². The first-order valence-corrected chi connectivity index (χ1v) is 30.5. The Morgan fingerprint density at radius 3 is 1.22 bits per heavy atom. The van der Waals surface area contributed by atoms with Crippen LogP contribution in [0.3, 0.4) is 0 Å². The van der Waals surface area contributed by atoms with Gasteiger partial charge in [0, 0.05) is 6.42 Å². The Labute approximate surface area is 449 Å². The SMILES string of the molecule is CC/C=C\C/C=C\C/C=C\C/C=C\C/C=C\C/C=C\C/C=C\C/C=C\CCCCCCCCCCCCCCCCCCC(=O)NC(COP(=O)([O-])OCC[N+](C)(C)C)C(O)/C=C/CC/C=C/CC/C=C/CC. The van der Waals surface area contributed by atoms with Gasteiger partial charge in [-0.05, 0) is 103 Å². The van der Waals surface area contributed by atoms with Crippen LogP contribution in [-0.4, -0.2) is 68.5 Å². The van der Waals surface area contributed by atoms with Crippen molar-refractivity contribution in [3.05, 3.63) is 134 Å². The monoisotopic (exact) mass is 1030 g/mol. The second kappa shape index (κ2) is 53.5. The van der Waals surface area contributed by atoms with Crippen LogP contribution in [0.15, 0.2) is 134 Å². The highest BCUT2D eigenvalue weighted by molar-refractivity contribution is 7.45. The lowest BCUT2D eigenvalue weighted by Gasteiger charge is -2.29. The van der Waals surface area contributed by atoms with Crippen molar-refractivity contribution in [3.8, 4) is 0 Å². The third-order valence-corrected chi connectivity index (χ3v) is 13.0. The second-order valence-corrected chi connectivity index (χ2v) is 21.6. The number of allylic oxidation sites excluding steroid dienone is 21. The summed E-state index contributed by atoms with van der Waals surface area (Å²) in [6, 6.07) is -0.915. The van der Waals surface area contributed by atoms with Crippen molar-refractivity contribution in [3.63, 3.8) is 0 Å². The average molecular weight is 1030 g/mol. The maximum atomic E-state index is 12.9.